The van der Waals surface area contributed by atoms with Gasteiger partial charge in [0, 0.05) is 17.8 Å². The third kappa shape index (κ3) is 10.7. The highest BCUT2D eigenvalue weighted by Gasteiger charge is 2.00. The van der Waals surface area contributed by atoms with Crippen LogP contribution in [0.25, 0.3) is 0 Å². The molecule has 2 nitrogen and oxygen atoms in total. The summed E-state index contributed by atoms with van der Waals surface area (Å²) >= 11 is 5.43. The van der Waals surface area contributed by atoms with Gasteiger partial charge in [-0.25, -0.2) is 0 Å². The van der Waals surface area contributed by atoms with E-state index < -0.39 is 5.24 Å². The van der Waals surface area contributed by atoms with E-state index in [2.05, 4.69) is 12.2 Å². The number of unbranched alkanes of at least 4 members (excludes halogenated alkanes) is 11. The second-order valence-electron chi connectivity index (χ2n) is 6.67. The van der Waals surface area contributed by atoms with Crippen LogP contribution in [0.5, 0.6) is 0 Å². The van der Waals surface area contributed by atoms with E-state index in [1.165, 1.54) is 77.0 Å². The van der Waals surface area contributed by atoms with E-state index in [9.17, 15) is 4.79 Å². The molecule has 1 N–H and O–H groups in total. The van der Waals surface area contributed by atoms with Gasteiger partial charge < -0.3 is 5.32 Å². The molecule has 1 aromatic carbocycles. The molecular formula is C21H34ClNO. The van der Waals surface area contributed by atoms with Gasteiger partial charge in [-0.1, -0.05) is 77.6 Å². The highest BCUT2D eigenvalue weighted by Crippen LogP contribution is 2.13. The molecule has 136 valence electrons. The minimum absolute atomic E-state index is 0.400. The smallest absolute Gasteiger partial charge is 0.252 e. The molecule has 0 aliphatic heterocycles. The molecule has 0 saturated heterocycles. The summed E-state index contributed by atoms with van der Waals surface area (Å²) in [4.78, 5) is 11.0. The lowest BCUT2D eigenvalue weighted by molar-refractivity contribution is 0.108. The van der Waals surface area contributed by atoms with Crippen LogP contribution in [0.3, 0.4) is 0 Å². The van der Waals surface area contributed by atoms with E-state index in [0.717, 1.165) is 12.2 Å². The number of carbonyl (C=O) groups excluding carboxylic acids is 1. The third-order valence-electron chi connectivity index (χ3n) is 4.47. The van der Waals surface area contributed by atoms with E-state index in [1.54, 1.807) is 12.1 Å². The molecule has 0 fully saturated rings. The topological polar surface area (TPSA) is 29.1 Å². The van der Waals surface area contributed by atoms with Crippen LogP contribution in [0.2, 0.25) is 0 Å². The standard InChI is InChI=1S/C21H34ClNO/c1-2-3-4-5-6-7-8-9-10-11-12-13-18-23-20-16-14-19(15-17-20)21(22)24/h14-17,23H,2-13,18H2,1H3. The summed E-state index contributed by atoms with van der Waals surface area (Å²) in [5, 5.41) is 2.99. The zero-order valence-corrected chi connectivity index (χ0v) is 16.0. The van der Waals surface area contributed by atoms with Crippen molar-refractivity contribution in [1.82, 2.24) is 0 Å². The first-order chi connectivity index (χ1) is 11.7. The van der Waals surface area contributed by atoms with Gasteiger partial charge in [0.1, 0.15) is 0 Å². The average molecular weight is 352 g/mol. The fourth-order valence-corrected chi connectivity index (χ4v) is 3.04. The minimum atomic E-state index is -0.400. The van der Waals surface area contributed by atoms with Crippen molar-refractivity contribution in [2.45, 2.75) is 84.0 Å². The first kappa shape index (κ1) is 21.0. The molecule has 1 rings (SSSR count). The van der Waals surface area contributed by atoms with Crippen LogP contribution < -0.4 is 5.32 Å². The molecular weight excluding hydrogens is 318 g/mol. The SMILES string of the molecule is CCCCCCCCCCCCCCNc1ccc(C(=O)Cl)cc1. The first-order valence-electron chi connectivity index (χ1n) is 9.78. The van der Waals surface area contributed by atoms with E-state index in [0.29, 0.717) is 5.56 Å². The Kier molecular flexibility index (Phi) is 12.6. The highest BCUT2D eigenvalue weighted by molar-refractivity contribution is 6.67. The van der Waals surface area contributed by atoms with Crippen LogP contribution >= 0.6 is 11.6 Å². The summed E-state index contributed by atoms with van der Waals surface area (Å²) in [7, 11) is 0. The summed E-state index contributed by atoms with van der Waals surface area (Å²) in [6.07, 6.45) is 16.5. The van der Waals surface area contributed by atoms with E-state index in [-0.39, 0.29) is 0 Å². The number of halogens is 1. The van der Waals surface area contributed by atoms with Gasteiger partial charge in [-0.05, 0) is 42.3 Å². The fraction of sp³-hybridized carbons (Fsp3) is 0.667. The van der Waals surface area contributed by atoms with Crippen molar-refractivity contribution in [2.75, 3.05) is 11.9 Å². The predicted molar refractivity (Wildman–Crippen MR) is 106 cm³/mol. The van der Waals surface area contributed by atoms with Crippen LogP contribution in [-0.4, -0.2) is 11.8 Å². The Morgan fingerprint density at radius 2 is 1.25 bits per heavy atom. The normalized spacial score (nSPS) is 10.8. The maximum absolute atomic E-state index is 11.0. The van der Waals surface area contributed by atoms with Crippen molar-refractivity contribution in [3.8, 4) is 0 Å². The van der Waals surface area contributed by atoms with Gasteiger partial charge in [0.15, 0.2) is 0 Å². The average Bonchev–Trinajstić information content (AvgIpc) is 2.59. The van der Waals surface area contributed by atoms with E-state index in [1.807, 2.05) is 12.1 Å². The molecule has 0 unspecified atom stereocenters. The molecule has 0 atom stereocenters. The van der Waals surface area contributed by atoms with Gasteiger partial charge in [0.2, 0.25) is 0 Å². The molecule has 0 saturated carbocycles. The number of rotatable bonds is 15. The molecule has 0 bridgehead atoms. The zero-order chi connectivity index (χ0) is 17.5. The highest BCUT2D eigenvalue weighted by atomic mass is 35.5. The van der Waals surface area contributed by atoms with Gasteiger partial charge >= 0.3 is 0 Å². The van der Waals surface area contributed by atoms with Crippen molar-refractivity contribution in [3.05, 3.63) is 29.8 Å². The maximum atomic E-state index is 11.0. The molecule has 0 radical (unpaired) electrons. The van der Waals surface area contributed by atoms with Gasteiger partial charge in [-0.15, -0.1) is 0 Å². The Hall–Kier alpha value is -1.02. The minimum Gasteiger partial charge on any atom is -0.385 e. The second-order valence-corrected chi connectivity index (χ2v) is 7.01. The lowest BCUT2D eigenvalue weighted by atomic mass is 10.1. The Balaban J connectivity index is 1.87. The molecule has 3 heteroatoms. The first-order valence-corrected chi connectivity index (χ1v) is 10.2. The molecule has 0 aliphatic rings. The summed E-state index contributed by atoms with van der Waals surface area (Å²) < 4.78 is 0. The largest absolute Gasteiger partial charge is 0.385 e. The number of benzene rings is 1. The number of hydrogen-bond acceptors (Lipinski definition) is 2. The molecule has 0 heterocycles. The Bertz CT molecular complexity index is 430. The molecule has 0 aromatic heterocycles. The van der Waals surface area contributed by atoms with Gasteiger partial charge in [-0.3, -0.25) is 4.79 Å². The Morgan fingerprint density at radius 3 is 1.71 bits per heavy atom. The second kappa shape index (κ2) is 14.3. The maximum Gasteiger partial charge on any atom is 0.252 e. The van der Waals surface area contributed by atoms with Crippen molar-refractivity contribution in [2.24, 2.45) is 0 Å². The van der Waals surface area contributed by atoms with Crippen LogP contribution in [0.4, 0.5) is 5.69 Å². The Morgan fingerprint density at radius 1 is 0.792 bits per heavy atom. The number of anilines is 1. The molecule has 0 amide bonds. The molecule has 0 aliphatic carbocycles. The van der Waals surface area contributed by atoms with E-state index >= 15 is 0 Å². The summed E-state index contributed by atoms with van der Waals surface area (Å²) in [5.41, 5.74) is 1.60. The van der Waals surface area contributed by atoms with Crippen LogP contribution in [0, 0.1) is 0 Å². The van der Waals surface area contributed by atoms with Crippen molar-refractivity contribution in [3.63, 3.8) is 0 Å². The molecule has 24 heavy (non-hydrogen) atoms. The van der Waals surface area contributed by atoms with Gasteiger partial charge in [0.05, 0.1) is 0 Å². The van der Waals surface area contributed by atoms with Gasteiger partial charge in [-0.2, -0.15) is 0 Å². The van der Waals surface area contributed by atoms with E-state index in [4.69, 9.17) is 11.6 Å². The van der Waals surface area contributed by atoms with Crippen LogP contribution in [0.1, 0.15) is 94.3 Å². The van der Waals surface area contributed by atoms with Crippen LogP contribution in [-0.2, 0) is 0 Å². The summed E-state index contributed by atoms with van der Waals surface area (Å²) in [6.45, 7) is 3.26. The molecule has 0 spiro atoms. The summed E-state index contributed by atoms with van der Waals surface area (Å²) in [5.74, 6) is 0. The van der Waals surface area contributed by atoms with Crippen molar-refractivity contribution in [1.29, 1.82) is 0 Å². The summed E-state index contributed by atoms with van der Waals surface area (Å²) in [6, 6.07) is 7.35. The fourth-order valence-electron chi connectivity index (χ4n) is 2.92. The third-order valence-corrected chi connectivity index (χ3v) is 4.69. The lowest BCUT2D eigenvalue weighted by Gasteiger charge is -2.07. The van der Waals surface area contributed by atoms with Crippen molar-refractivity contribution >= 4 is 22.5 Å². The quantitative estimate of drug-likeness (QED) is 0.268. The molecule has 1 aromatic rings. The number of hydrogen-bond donors (Lipinski definition) is 1. The Labute approximate surface area is 153 Å². The number of nitrogens with one attached hydrogen (secondary N) is 1. The predicted octanol–water partition coefficient (Wildman–Crippen LogP) is 7.18. The number of carbonyl (C=O) groups is 1. The van der Waals surface area contributed by atoms with Crippen LogP contribution in [0.15, 0.2) is 24.3 Å². The monoisotopic (exact) mass is 351 g/mol. The zero-order valence-electron chi connectivity index (χ0n) is 15.3. The lowest BCUT2D eigenvalue weighted by Crippen LogP contribution is -2.01. The van der Waals surface area contributed by atoms with Gasteiger partial charge in [0.25, 0.3) is 5.24 Å². The van der Waals surface area contributed by atoms with Crippen molar-refractivity contribution < 1.29 is 4.79 Å².